The monoisotopic (exact) mass is 463 g/mol. The van der Waals surface area contributed by atoms with E-state index in [0.717, 1.165) is 34.9 Å². The molecule has 0 aliphatic rings. The highest BCUT2D eigenvalue weighted by Crippen LogP contribution is 2.35. The van der Waals surface area contributed by atoms with Gasteiger partial charge in [-0.05, 0) is 85.4 Å². The second kappa shape index (κ2) is 9.99. The second-order valence-corrected chi connectivity index (χ2v) is 8.26. The van der Waals surface area contributed by atoms with E-state index in [0.29, 0.717) is 41.6 Å². The van der Waals surface area contributed by atoms with Crippen LogP contribution in [0.5, 0.6) is 11.5 Å². The minimum absolute atomic E-state index is 0.195. The lowest BCUT2D eigenvalue weighted by molar-refractivity contribution is 0.0997. The molecule has 0 aliphatic heterocycles. The fourth-order valence-corrected chi connectivity index (χ4v) is 3.63. The summed E-state index contributed by atoms with van der Waals surface area (Å²) in [6.45, 7) is 11.1. The Morgan fingerprint density at radius 2 is 1.65 bits per heavy atom. The van der Waals surface area contributed by atoms with Crippen molar-refractivity contribution in [3.05, 3.63) is 52.8 Å². The molecule has 0 spiro atoms. The summed E-state index contributed by atoms with van der Waals surface area (Å²) >= 11 is 0. The average Bonchev–Trinajstić information content (AvgIpc) is 3.41. The van der Waals surface area contributed by atoms with Crippen molar-refractivity contribution in [3.8, 4) is 22.8 Å². The number of carbonyl (C=O) groups is 1. The molecule has 0 fully saturated rings. The van der Waals surface area contributed by atoms with Gasteiger partial charge in [-0.2, -0.15) is 0 Å². The van der Waals surface area contributed by atoms with Gasteiger partial charge in [0, 0.05) is 16.5 Å². The van der Waals surface area contributed by atoms with Gasteiger partial charge in [0.15, 0.2) is 23.0 Å². The molecule has 178 valence electrons. The van der Waals surface area contributed by atoms with Gasteiger partial charge in [-0.3, -0.25) is 10.1 Å². The number of nitrogens with one attached hydrogen (secondary N) is 1. The van der Waals surface area contributed by atoms with E-state index in [2.05, 4.69) is 15.6 Å². The van der Waals surface area contributed by atoms with E-state index in [1.807, 2.05) is 65.0 Å². The Balaban J connectivity index is 1.62. The highest BCUT2D eigenvalue weighted by molar-refractivity contribution is 6.07. The molecule has 2 heterocycles. The highest BCUT2D eigenvalue weighted by atomic mass is 16.6. The maximum absolute atomic E-state index is 13.1. The number of fused-ring (bicyclic) bond motifs is 1. The van der Waals surface area contributed by atoms with Gasteiger partial charge >= 0.3 is 0 Å². The van der Waals surface area contributed by atoms with Crippen LogP contribution in [-0.2, 0) is 0 Å². The SMILES string of the molecule is CCCOc1ccc(-c2nonc2NC(=O)c2oc3cc(C)c(C)cc3c2C)cc1OCCC. The molecule has 0 atom stereocenters. The van der Waals surface area contributed by atoms with Crippen LogP contribution in [0.4, 0.5) is 5.82 Å². The Hall–Kier alpha value is -3.81. The number of aromatic nitrogens is 2. The molecule has 0 radical (unpaired) electrons. The number of hydrogen-bond acceptors (Lipinski definition) is 7. The quantitative estimate of drug-likeness (QED) is 0.314. The van der Waals surface area contributed by atoms with Gasteiger partial charge in [0.2, 0.25) is 5.82 Å². The number of ether oxygens (including phenoxy) is 2. The summed E-state index contributed by atoms with van der Waals surface area (Å²) in [4.78, 5) is 13.1. The first-order valence-corrected chi connectivity index (χ1v) is 11.5. The number of hydrogen-bond donors (Lipinski definition) is 1. The van der Waals surface area contributed by atoms with E-state index < -0.39 is 5.91 Å². The summed E-state index contributed by atoms with van der Waals surface area (Å²) in [5, 5.41) is 11.6. The minimum atomic E-state index is -0.425. The zero-order valence-corrected chi connectivity index (χ0v) is 20.2. The molecule has 2 aromatic heterocycles. The first-order chi connectivity index (χ1) is 16.4. The predicted molar refractivity (Wildman–Crippen MR) is 130 cm³/mol. The van der Waals surface area contributed by atoms with Crippen molar-refractivity contribution in [2.24, 2.45) is 0 Å². The smallest absolute Gasteiger partial charge is 0.292 e. The van der Waals surface area contributed by atoms with E-state index in [-0.39, 0.29) is 11.6 Å². The van der Waals surface area contributed by atoms with Crippen molar-refractivity contribution >= 4 is 22.7 Å². The molecule has 0 unspecified atom stereocenters. The fourth-order valence-electron chi connectivity index (χ4n) is 3.63. The molecule has 4 rings (SSSR count). The van der Waals surface area contributed by atoms with Crippen LogP contribution in [0.3, 0.4) is 0 Å². The molecule has 0 saturated carbocycles. The van der Waals surface area contributed by atoms with Crippen molar-refractivity contribution in [1.82, 2.24) is 10.3 Å². The van der Waals surface area contributed by atoms with E-state index >= 15 is 0 Å². The van der Waals surface area contributed by atoms with Crippen LogP contribution < -0.4 is 14.8 Å². The maximum atomic E-state index is 13.1. The molecule has 8 nitrogen and oxygen atoms in total. The fraction of sp³-hybridized carbons (Fsp3) is 0.346. The van der Waals surface area contributed by atoms with Gasteiger partial charge in [0.1, 0.15) is 5.58 Å². The van der Waals surface area contributed by atoms with E-state index in [4.69, 9.17) is 18.5 Å². The van der Waals surface area contributed by atoms with Crippen LogP contribution in [0.2, 0.25) is 0 Å². The summed E-state index contributed by atoms with van der Waals surface area (Å²) in [6, 6.07) is 9.44. The Labute approximate surface area is 198 Å². The molecule has 4 aromatic rings. The van der Waals surface area contributed by atoms with Crippen LogP contribution in [0.1, 0.15) is 53.9 Å². The van der Waals surface area contributed by atoms with Gasteiger partial charge in [0.25, 0.3) is 5.91 Å². The number of anilines is 1. The zero-order chi connectivity index (χ0) is 24.2. The first kappa shape index (κ1) is 23.4. The van der Waals surface area contributed by atoms with Gasteiger partial charge in [-0.25, -0.2) is 4.63 Å². The lowest BCUT2D eigenvalue weighted by Crippen LogP contribution is -2.13. The van der Waals surface area contributed by atoms with Crippen LogP contribution in [0.15, 0.2) is 39.4 Å². The Morgan fingerprint density at radius 3 is 2.38 bits per heavy atom. The maximum Gasteiger partial charge on any atom is 0.292 e. The van der Waals surface area contributed by atoms with Crippen LogP contribution >= 0.6 is 0 Å². The number of nitrogens with zero attached hydrogens (tertiary/aromatic N) is 2. The van der Waals surface area contributed by atoms with Crippen LogP contribution in [-0.4, -0.2) is 29.4 Å². The van der Waals surface area contributed by atoms with Gasteiger partial charge in [-0.15, -0.1) is 0 Å². The van der Waals surface area contributed by atoms with E-state index in [1.165, 1.54) is 0 Å². The zero-order valence-electron chi connectivity index (χ0n) is 20.2. The largest absolute Gasteiger partial charge is 0.490 e. The second-order valence-electron chi connectivity index (χ2n) is 8.26. The third-order valence-corrected chi connectivity index (χ3v) is 5.62. The summed E-state index contributed by atoms with van der Waals surface area (Å²) in [6.07, 6.45) is 1.75. The van der Waals surface area contributed by atoms with Gasteiger partial charge in [0.05, 0.1) is 13.2 Å². The molecular weight excluding hydrogens is 434 g/mol. The third-order valence-electron chi connectivity index (χ3n) is 5.62. The molecule has 0 saturated heterocycles. The highest BCUT2D eigenvalue weighted by Gasteiger charge is 2.23. The van der Waals surface area contributed by atoms with Crippen LogP contribution in [0.25, 0.3) is 22.2 Å². The normalized spacial score (nSPS) is 11.1. The summed E-state index contributed by atoms with van der Waals surface area (Å²) < 4.78 is 22.5. The molecule has 1 amide bonds. The Bertz CT molecular complexity index is 1320. The number of benzene rings is 2. The molecule has 0 bridgehead atoms. The molecular formula is C26H29N3O5. The number of furan rings is 1. The first-order valence-electron chi connectivity index (χ1n) is 11.5. The average molecular weight is 464 g/mol. The van der Waals surface area contributed by atoms with Gasteiger partial charge in [-0.1, -0.05) is 13.8 Å². The standard InChI is InChI=1S/C26H29N3O5/c1-6-10-31-20-9-8-18(14-22(20)32-11-7-2)23-25(29-34-28-23)27-26(30)24-17(5)19-12-15(3)16(4)13-21(19)33-24/h8-9,12-14H,6-7,10-11H2,1-5H3,(H,27,29,30). The van der Waals surface area contributed by atoms with E-state index in [1.54, 1.807) is 0 Å². The van der Waals surface area contributed by atoms with E-state index in [9.17, 15) is 4.79 Å². The van der Waals surface area contributed by atoms with Crippen molar-refractivity contribution in [2.45, 2.75) is 47.5 Å². The van der Waals surface area contributed by atoms with Gasteiger partial charge < -0.3 is 13.9 Å². The Kier molecular flexibility index (Phi) is 6.86. The Morgan fingerprint density at radius 1 is 0.941 bits per heavy atom. The summed E-state index contributed by atoms with van der Waals surface area (Å²) in [5.74, 6) is 1.26. The molecule has 8 heteroatoms. The van der Waals surface area contributed by atoms with Crippen molar-refractivity contribution in [3.63, 3.8) is 0 Å². The van der Waals surface area contributed by atoms with Crippen molar-refractivity contribution in [1.29, 1.82) is 0 Å². The molecule has 2 aromatic carbocycles. The summed E-state index contributed by atoms with van der Waals surface area (Å²) in [7, 11) is 0. The van der Waals surface area contributed by atoms with Crippen molar-refractivity contribution < 1.29 is 23.3 Å². The molecule has 34 heavy (non-hydrogen) atoms. The lowest BCUT2D eigenvalue weighted by Gasteiger charge is -2.13. The minimum Gasteiger partial charge on any atom is -0.490 e. The molecule has 0 aliphatic carbocycles. The predicted octanol–water partition coefficient (Wildman–Crippen LogP) is 6.24. The van der Waals surface area contributed by atoms with Crippen molar-refractivity contribution in [2.75, 3.05) is 18.5 Å². The third kappa shape index (κ3) is 4.62. The number of amides is 1. The lowest BCUT2D eigenvalue weighted by atomic mass is 10.0. The molecule has 1 N–H and O–H groups in total. The van der Waals surface area contributed by atoms with Crippen LogP contribution in [0, 0.1) is 20.8 Å². The number of carbonyl (C=O) groups excluding carboxylic acids is 1. The summed E-state index contributed by atoms with van der Waals surface area (Å²) in [5.41, 5.74) is 4.74. The number of aryl methyl sites for hydroxylation is 3. The topological polar surface area (TPSA) is 99.6 Å². The number of rotatable bonds is 9.